The van der Waals surface area contributed by atoms with Crippen LogP contribution in [0.1, 0.15) is 24.0 Å². The Labute approximate surface area is 173 Å². The van der Waals surface area contributed by atoms with Crippen LogP contribution in [-0.4, -0.2) is 32.2 Å². The molecule has 0 radical (unpaired) electrons. The number of rotatable bonds is 9. The molecule has 0 spiro atoms. The second kappa shape index (κ2) is 8.54. The van der Waals surface area contributed by atoms with E-state index >= 15 is 0 Å². The molecule has 1 unspecified atom stereocenters. The van der Waals surface area contributed by atoms with E-state index < -0.39 is 20.5 Å². The Morgan fingerprint density at radius 1 is 1.13 bits per heavy atom. The highest BCUT2D eigenvalue weighted by Gasteiger charge is 2.41. The van der Waals surface area contributed by atoms with E-state index in [0.717, 1.165) is 6.26 Å². The van der Waals surface area contributed by atoms with Crippen LogP contribution in [0, 0.1) is 10.1 Å². The van der Waals surface area contributed by atoms with E-state index in [1.165, 1.54) is 12.1 Å². The van der Waals surface area contributed by atoms with Crippen LogP contribution in [-0.2, 0) is 25.0 Å². The van der Waals surface area contributed by atoms with Crippen LogP contribution in [0.3, 0.4) is 0 Å². The van der Waals surface area contributed by atoms with Gasteiger partial charge in [0.15, 0.2) is 21.2 Å². The summed E-state index contributed by atoms with van der Waals surface area (Å²) in [5.41, 5.74) is 0.333. The van der Waals surface area contributed by atoms with Crippen molar-refractivity contribution >= 4 is 21.3 Å². The van der Waals surface area contributed by atoms with Crippen molar-refractivity contribution in [3.8, 4) is 0 Å². The van der Waals surface area contributed by atoms with E-state index in [2.05, 4.69) is 15.1 Å². The van der Waals surface area contributed by atoms with Crippen molar-refractivity contribution in [2.75, 3.05) is 12.9 Å². The number of hydrogen-bond donors (Lipinski definition) is 0. The minimum Gasteiger partial charge on any atom is -0.314 e. The third kappa shape index (κ3) is 4.60. The van der Waals surface area contributed by atoms with Gasteiger partial charge in [-0.2, -0.15) is 10.2 Å². The molecule has 156 valence electrons. The number of carbonyl (C=O) groups is 1. The first-order valence-corrected chi connectivity index (χ1v) is 10.9. The van der Waals surface area contributed by atoms with Crippen molar-refractivity contribution in [2.24, 2.45) is 10.2 Å². The molecular weight excluding hydrogens is 410 g/mol. The highest BCUT2D eigenvalue weighted by molar-refractivity contribution is 7.90. The highest BCUT2D eigenvalue weighted by Crippen LogP contribution is 2.39. The number of benzene rings is 2. The van der Waals surface area contributed by atoms with Gasteiger partial charge in [-0.3, -0.25) is 4.79 Å². The molecular formula is C20H19N3O6S. The molecule has 1 heterocycles. The van der Waals surface area contributed by atoms with Gasteiger partial charge in [0.2, 0.25) is 0 Å². The lowest BCUT2D eigenvalue weighted by molar-refractivity contribution is -0.757. The van der Waals surface area contributed by atoms with Gasteiger partial charge in [0, 0.05) is 18.2 Å². The van der Waals surface area contributed by atoms with Gasteiger partial charge in [0.1, 0.15) is 0 Å². The molecule has 9 nitrogen and oxygen atoms in total. The molecule has 0 saturated heterocycles. The van der Waals surface area contributed by atoms with E-state index in [0.29, 0.717) is 16.8 Å². The van der Waals surface area contributed by atoms with Crippen LogP contribution >= 0.6 is 0 Å². The zero-order valence-electron chi connectivity index (χ0n) is 16.1. The molecule has 2 aromatic rings. The van der Waals surface area contributed by atoms with Gasteiger partial charge in [-0.15, -0.1) is 10.1 Å². The molecule has 1 atom stereocenters. The number of nitrogens with zero attached hydrogens (tertiary/aromatic N) is 3. The summed E-state index contributed by atoms with van der Waals surface area (Å²) in [5, 5.41) is 17.8. The Hall–Kier alpha value is -3.40. The molecule has 0 aromatic heterocycles. The summed E-state index contributed by atoms with van der Waals surface area (Å²) in [6.07, 6.45) is 2.93. The molecule has 0 saturated carbocycles. The van der Waals surface area contributed by atoms with Crippen molar-refractivity contribution in [1.29, 1.82) is 0 Å². The number of azo groups is 1. The first-order chi connectivity index (χ1) is 14.2. The highest BCUT2D eigenvalue weighted by atomic mass is 32.2. The quantitative estimate of drug-likeness (QED) is 0.341. The Bertz CT molecular complexity index is 1110. The predicted molar refractivity (Wildman–Crippen MR) is 108 cm³/mol. The lowest BCUT2D eigenvalue weighted by Crippen LogP contribution is -2.30. The smallest absolute Gasteiger partial charge is 0.294 e. The fourth-order valence-electron chi connectivity index (χ4n) is 3.10. The third-order valence-electron chi connectivity index (χ3n) is 4.62. The zero-order valence-corrected chi connectivity index (χ0v) is 16.9. The first-order valence-electron chi connectivity index (χ1n) is 9.05. The zero-order chi connectivity index (χ0) is 21.8. The Morgan fingerprint density at radius 3 is 2.40 bits per heavy atom. The van der Waals surface area contributed by atoms with Gasteiger partial charge in [-0.05, 0) is 30.2 Å². The molecule has 1 aliphatic heterocycles. The Kier molecular flexibility index (Phi) is 6.06. The van der Waals surface area contributed by atoms with Crippen LogP contribution in [0.5, 0.6) is 0 Å². The minimum atomic E-state index is -3.33. The normalized spacial score (nSPS) is 18.1. The van der Waals surface area contributed by atoms with Crippen LogP contribution in [0.2, 0.25) is 0 Å². The molecule has 3 rings (SSSR count). The van der Waals surface area contributed by atoms with E-state index in [4.69, 9.17) is 0 Å². The molecule has 10 heteroatoms. The number of sulfone groups is 1. The fraction of sp³-hybridized carbons (Fsp3) is 0.250. The largest absolute Gasteiger partial charge is 0.314 e. The summed E-state index contributed by atoms with van der Waals surface area (Å²) < 4.78 is 23.3. The summed E-state index contributed by atoms with van der Waals surface area (Å²) in [6.45, 7) is -0.190. The summed E-state index contributed by atoms with van der Waals surface area (Å²) in [5.74, 6) is -0.271. The lowest BCUT2D eigenvalue weighted by Gasteiger charge is -2.21. The first kappa shape index (κ1) is 21.3. The van der Waals surface area contributed by atoms with E-state index in [1.807, 2.05) is 6.07 Å². The van der Waals surface area contributed by atoms with Crippen LogP contribution < -0.4 is 0 Å². The van der Waals surface area contributed by atoms with Gasteiger partial charge in [-0.25, -0.2) is 8.42 Å². The molecule has 0 bridgehead atoms. The summed E-state index contributed by atoms with van der Waals surface area (Å²) >= 11 is 0. The van der Waals surface area contributed by atoms with E-state index in [9.17, 15) is 23.3 Å². The maximum atomic E-state index is 13.1. The van der Waals surface area contributed by atoms with Gasteiger partial charge >= 0.3 is 0 Å². The molecule has 0 N–H and O–H groups in total. The lowest BCUT2D eigenvalue weighted by atomic mass is 9.84. The molecule has 2 aromatic carbocycles. The van der Waals surface area contributed by atoms with Gasteiger partial charge in [0.05, 0.1) is 17.2 Å². The monoisotopic (exact) mass is 429 g/mol. The number of hydrogen-bond acceptors (Lipinski definition) is 8. The predicted octanol–water partition coefficient (Wildman–Crippen LogP) is 3.35. The fourth-order valence-corrected chi connectivity index (χ4v) is 3.73. The van der Waals surface area contributed by atoms with Crippen LogP contribution in [0.25, 0.3) is 5.70 Å². The maximum Gasteiger partial charge on any atom is 0.294 e. The van der Waals surface area contributed by atoms with Gasteiger partial charge < -0.3 is 4.84 Å². The summed E-state index contributed by atoms with van der Waals surface area (Å²) in [6, 6.07) is 15.1. The van der Waals surface area contributed by atoms with Crippen LogP contribution in [0.4, 0.5) is 0 Å². The van der Waals surface area contributed by atoms with Crippen molar-refractivity contribution < 1.29 is 23.1 Å². The molecule has 0 amide bonds. The summed E-state index contributed by atoms with van der Waals surface area (Å²) in [7, 11) is -3.33. The van der Waals surface area contributed by atoms with Crippen molar-refractivity contribution in [3.63, 3.8) is 0 Å². The molecule has 1 aliphatic rings. The minimum absolute atomic E-state index is 0.0125. The van der Waals surface area contributed by atoms with Crippen molar-refractivity contribution in [1.82, 2.24) is 0 Å². The average Bonchev–Trinajstić information content (AvgIpc) is 3.18. The topological polar surface area (TPSA) is 128 Å². The average molecular weight is 429 g/mol. The third-order valence-corrected chi connectivity index (χ3v) is 5.75. The Balaban J connectivity index is 1.91. The second-order valence-electron chi connectivity index (χ2n) is 6.74. The molecule has 30 heavy (non-hydrogen) atoms. The molecule has 0 fully saturated rings. The van der Waals surface area contributed by atoms with Gasteiger partial charge in [0.25, 0.3) is 5.09 Å². The SMILES string of the molecule is CS(=O)(=O)c1ccc(C2=CC(C(=O)CCCO[N+](=O)[O-])(c3ccccc3)N=N2)cc1. The van der Waals surface area contributed by atoms with Crippen LogP contribution in [0.15, 0.2) is 75.8 Å². The van der Waals surface area contributed by atoms with Gasteiger partial charge in [-0.1, -0.05) is 42.5 Å². The second-order valence-corrected chi connectivity index (χ2v) is 8.76. The number of ketones is 1. The standard InChI is InChI=1S/C20H19N3O6S/c1-30(27,28)17-11-9-15(10-12-17)18-14-20(22-21-18,16-6-3-2-4-7-16)19(24)8-5-13-29-23(25)26/h2-4,6-7,9-12,14H,5,8,13H2,1H3. The van der Waals surface area contributed by atoms with Crippen molar-refractivity contribution in [3.05, 3.63) is 81.9 Å². The maximum absolute atomic E-state index is 13.1. The van der Waals surface area contributed by atoms with Crippen molar-refractivity contribution in [2.45, 2.75) is 23.3 Å². The summed E-state index contributed by atoms with van der Waals surface area (Å²) in [4.78, 5) is 27.8. The molecule has 0 aliphatic carbocycles. The number of carbonyl (C=O) groups excluding carboxylic acids is 1. The Morgan fingerprint density at radius 2 is 1.80 bits per heavy atom. The van der Waals surface area contributed by atoms with E-state index in [1.54, 1.807) is 42.5 Å². The van der Waals surface area contributed by atoms with E-state index in [-0.39, 0.29) is 30.1 Å². The number of Topliss-reactive ketones (excluding diaryl/α,β-unsaturated/α-hetero) is 1.